The van der Waals surface area contributed by atoms with Crippen LogP contribution >= 0.6 is 12.2 Å². The highest BCUT2D eigenvalue weighted by molar-refractivity contribution is 7.80. The molecule has 0 saturated carbocycles. The molecule has 2 fully saturated rings. The van der Waals surface area contributed by atoms with Crippen LogP contribution in [0.25, 0.3) is 0 Å². The minimum Gasteiger partial charge on any atom is -0.389 e. The number of amides is 2. The molecule has 2 aliphatic rings. The van der Waals surface area contributed by atoms with Crippen molar-refractivity contribution < 1.29 is 4.79 Å². The van der Waals surface area contributed by atoms with E-state index in [4.69, 9.17) is 18.0 Å². The monoisotopic (exact) mass is 276 g/mol. The molecule has 2 amide bonds. The number of carbonyl (C=O) groups is 1. The number of piperazine rings is 1. The summed E-state index contributed by atoms with van der Waals surface area (Å²) < 4.78 is 0. The first-order valence-electron chi connectivity index (χ1n) is 6.34. The number of hydrogen-bond acceptors (Lipinski definition) is 3. The first-order chi connectivity index (χ1) is 9.15. The van der Waals surface area contributed by atoms with E-state index < -0.39 is 0 Å². The zero-order chi connectivity index (χ0) is 13.4. The summed E-state index contributed by atoms with van der Waals surface area (Å²) in [5.74, 6) is 0. The Balaban J connectivity index is 1.73. The Hall–Kier alpha value is -1.82. The van der Waals surface area contributed by atoms with Gasteiger partial charge in [0.15, 0.2) is 0 Å². The van der Waals surface area contributed by atoms with Gasteiger partial charge in [-0.3, -0.25) is 0 Å². The maximum atomic E-state index is 11.5. The molecule has 0 bridgehead atoms. The standard InChI is InChI=1S/C13H16N4OS/c14-12(19)9-1-3-10(4-2-9)16-5-6-17-11(8-16)7-15-13(17)18/h1-4,11H,5-8H2,(H2,14,19)(H,15,18). The number of hydrogen-bond donors (Lipinski definition) is 2. The lowest BCUT2D eigenvalue weighted by molar-refractivity contribution is 0.197. The first-order valence-corrected chi connectivity index (χ1v) is 6.75. The van der Waals surface area contributed by atoms with Gasteiger partial charge in [-0.1, -0.05) is 12.2 Å². The van der Waals surface area contributed by atoms with Crippen LogP contribution in [0, 0.1) is 0 Å². The normalized spacial score (nSPS) is 22.1. The van der Waals surface area contributed by atoms with Crippen molar-refractivity contribution >= 4 is 28.9 Å². The summed E-state index contributed by atoms with van der Waals surface area (Å²) in [6.45, 7) is 3.23. The third-order valence-electron chi connectivity index (χ3n) is 3.75. The van der Waals surface area contributed by atoms with E-state index in [1.165, 1.54) is 0 Å². The van der Waals surface area contributed by atoms with E-state index in [1.807, 2.05) is 29.2 Å². The SMILES string of the molecule is NC(=S)c1ccc(N2CCN3C(=O)NCC3C2)cc1. The molecule has 0 radical (unpaired) electrons. The van der Waals surface area contributed by atoms with E-state index in [0.717, 1.165) is 37.4 Å². The number of nitrogens with one attached hydrogen (secondary N) is 1. The van der Waals surface area contributed by atoms with E-state index in [9.17, 15) is 4.79 Å². The average Bonchev–Trinajstić information content (AvgIpc) is 2.80. The van der Waals surface area contributed by atoms with E-state index >= 15 is 0 Å². The summed E-state index contributed by atoms with van der Waals surface area (Å²) in [6, 6.07) is 8.30. The molecular weight excluding hydrogens is 260 g/mol. The smallest absolute Gasteiger partial charge is 0.317 e. The Morgan fingerprint density at radius 2 is 2.05 bits per heavy atom. The highest BCUT2D eigenvalue weighted by atomic mass is 32.1. The van der Waals surface area contributed by atoms with Crippen LogP contribution in [0.3, 0.4) is 0 Å². The average molecular weight is 276 g/mol. The zero-order valence-corrected chi connectivity index (χ0v) is 11.3. The van der Waals surface area contributed by atoms with Gasteiger partial charge in [0.05, 0.1) is 6.04 Å². The van der Waals surface area contributed by atoms with Gasteiger partial charge in [-0.15, -0.1) is 0 Å². The minimum absolute atomic E-state index is 0.0634. The van der Waals surface area contributed by atoms with Gasteiger partial charge in [0.2, 0.25) is 0 Å². The number of carbonyl (C=O) groups excluding carboxylic acids is 1. The van der Waals surface area contributed by atoms with Crippen molar-refractivity contribution in [2.45, 2.75) is 6.04 Å². The molecule has 2 aliphatic heterocycles. The Labute approximate surface area is 117 Å². The van der Waals surface area contributed by atoms with Crippen molar-refractivity contribution in [1.29, 1.82) is 0 Å². The maximum absolute atomic E-state index is 11.5. The molecule has 2 heterocycles. The second-order valence-electron chi connectivity index (χ2n) is 4.89. The fraction of sp³-hybridized carbons (Fsp3) is 0.385. The Morgan fingerprint density at radius 1 is 1.32 bits per heavy atom. The van der Waals surface area contributed by atoms with Gasteiger partial charge >= 0.3 is 6.03 Å². The lowest BCUT2D eigenvalue weighted by Crippen LogP contribution is -2.52. The molecule has 5 nitrogen and oxygen atoms in total. The summed E-state index contributed by atoms with van der Waals surface area (Å²) in [4.78, 5) is 16.2. The zero-order valence-electron chi connectivity index (χ0n) is 10.5. The van der Waals surface area contributed by atoms with Crippen LogP contribution in [0.15, 0.2) is 24.3 Å². The number of anilines is 1. The van der Waals surface area contributed by atoms with Crippen LogP contribution in [0.1, 0.15) is 5.56 Å². The second kappa shape index (κ2) is 4.70. The number of rotatable bonds is 2. The molecule has 1 aromatic carbocycles. The Kier molecular flexibility index (Phi) is 3.02. The number of thiocarbonyl (C=S) groups is 1. The molecule has 1 atom stereocenters. The third kappa shape index (κ3) is 2.23. The van der Waals surface area contributed by atoms with Crippen molar-refractivity contribution in [3.63, 3.8) is 0 Å². The largest absolute Gasteiger partial charge is 0.389 e. The fourth-order valence-corrected chi connectivity index (χ4v) is 2.81. The molecule has 3 rings (SSSR count). The van der Waals surface area contributed by atoms with E-state index in [-0.39, 0.29) is 12.1 Å². The number of nitrogens with zero attached hydrogens (tertiary/aromatic N) is 2. The van der Waals surface area contributed by atoms with Crippen molar-refractivity contribution in [3.05, 3.63) is 29.8 Å². The van der Waals surface area contributed by atoms with Gasteiger partial charge < -0.3 is 20.9 Å². The van der Waals surface area contributed by atoms with Crippen LogP contribution in [0.4, 0.5) is 10.5 Å². The van der Waals surface area contributed by atoms with Gasteiger partial charge in [0.1, 0.15) is 4.99 Å². The van der Waals surface area contributed by atoms with Crippen molar-refractivity contribution in [2.24, 2.45) is 5.73 Å². The fourth-order valence-electron chi connectivity index (χ4n) is 2.68. The van der Waals surface area contributed by atoms with Gasteiger partial charge in [-0.25, -0.2) is 4.79 Å². The van der Waals surface area contributed by atoms with Gasteiger partial charge in [0.25, 0.3) is 0 Å². The second-order valence-corrected chi connectivity index (χ2v) is 5.33. The third-order valence-corrected chi connectivity index (χ3v) is 3.99. The van der Waals surface area contributed by atoms with Gasteiger partial charge in [0, 0.05) is 37.4 Å². The van der Waals surface area contributed by atoms with Crippen LogP contribution in [0.5, 0.6) is 0 Å². The summed E-state index contributed by atoms with van der Waals surface area (Å²) in [5.41, 5.74) is 7.63. The van der Waals surface area contributed by atoms with E-state index in [1.54, 1.807) is 0 Å². The van der Waals surface area contributed by atoms with Crippen LogP contribution in [0.2, 0.25) is 0 Å². The highest BCUT2D eigenvalue weighted by Crippen LogP contribution is 2.21. The highest BCUT2D eigenvalue weighted by Gasteiger charge is 2.35. The van der Waals surface area contributed by atoms with E-state index in [2.05, 4.69) is 10.2 Å². The molecule has 6 heteroatoms. The molecule has 0 aliphatic carbocycles. The summed E-state index contributed by atoms with van der Waals surface area (Å²) in [7, 11) is 0. The number of urea groups is 1. The van der Waals surface area contributed by atoms with Crippen molar-refractivity contribution in [3.8, 4) is 0 Å². The number of fused-ring (bicyclic) bond motifs is 1. The molecule has 100 valence electrons. The topological polar surface area (TPSA) is 61.6 Å². The molecule has 1 aromatic rings. The summed E-state index contributed by atoms with van der Waals surface area (Å²) in [5, 5.41) is 2.88. The Morgan fingerprint density at radius 3 is 2.74 bits per heavy atom. The van der Waals surface area contributed by atoms with Gasteiger partial charge in [-0.2, -0.15) is 0 Å². The molecule has 0 aromatic heterocycles. The minimum atomic E-state index is 0.0634. The number of nitrogens with two attached hydrogens (primary N) is 1. The molecule has 0 spiro atoms. The Bertz CT molecular complexity index is 516. The maximum Gasteiger partial charge on any atom is 0.317 e. The molecule has 3 N–H and O–H groups in total. The van der Waals surface area contributed by atoms with Crippen molar-refractivity contribution in [1.82, 2.24) is 10.2 Å². The molecule has 2 saturated heterocycles. The summed E-state index contributed by atoms with van der Waals surface area (Å²) in [6.07, 6.45) is 0. The summed E-state index contributed by atoms with van der Waals surface area (Å²) >= 11 is 4.95. The molecule has 1 unspecified atom stereocenters. The van der Waals surface area contributed by atoms with Gasteiger partial charge in [-0.05, 0) is 24.3 Å². The van der Waals surface area contributed by atoms with Crippen molar-refractivity contribution in [2.75, 3.05) is 31.1 Å². The first kappa shape index (κ1) is 12.2. The number of benzene rings is 1. The van der Waals surface area contributed by atoms with Crippen LogP contribution < -0.4 is 16.0 Å². The lowest BCUT2D eigenvalue weighted by atomic mass is 10.1. The van der Waals surface area contributed by atoms with Crippen LogP contribution in [-0.2, 0) is 0 Å². The predicted octanol–water partition coefficient (Wildman–Crippen LogP) is 0.535. The van der Waals surface area contributed by atoms with E-state index in [0.29, 0.717) is 4.99 Å². The lowest BCUT2D eigenvalue weighted by Gasteiger charge is -2.37. The van der Waals surface area contributed by atoms with Crippen LogP contribution in [-0.4, -0.2) is 48.1 Å². The quantitative estimate of drug-likeness (QED) is 0.774. The molecular formula is C13H16N4OS. The predicted molar refractivity (Wildman–Crippen MR) is 78.4 cm³/mol. The molecule has 19 heavy (non-hydrogen) atoms.